The lowest BCUT2D eigenvalue weighted by molar-refractivity contribution is 0.0200. The van der Waals surface area contributed by atoms with Crippen LogP contribution in [0.5, 0.6) is 5.75 Å². The highest BCUT2D eigenvalue weighted by atomic mass is 32.2. The summed E-state index contributed by atoms with van der Waals surface area (Å²) in [5.41, 5.74) is 0.296. The largest absolute Gasteiger partial charge is 0.492 e. The van der Waals surface area contributed by atoms with Crippen molar-refractivity contribution in [3.8, 4) is 5.75 Å². The second kappa shape index (κ2) is 10.6. The molecular weight excluding hydrogens is 472 g/mol. The molecule has 1 aromatic rings. The van der Waals surface area contributed by atoms with Crippen LogP contribution in [0, 0.1) is 0 Å². The molecule has 0 radical (unpaired) electrons. The van der Waals surface area contributed by atoms with E-state index in [1.54, 1.807) is 20.8 Å². The SMILES string of the molecule is CN(O[Si](C)(C)C(C)(C)C)S(=O)(=O)N(CCOc1ccc(C(C)(C)C)cc1)C(=O)OC(C)(C)C. The third-order valence-electron chi connectivity index (χ3n) is 5.65. The lowest BCUT2D eigenvalue weighted by atomic mass is 9.87. The molecule has 0 bridgehead atoms. The molecule has 1 rings (SSSR count). The molecule has 8 nitrogen and oxygen atoms in total. The minimum absolute atomic E-state index is 0.00878. The monoisotopic (exact) mass is 516 g/mol. The Balaban J connectivity index is 3.08. The van der Waals surface area contributed by atoms with Gasteiger partial charge in [0.25, 0.3) is 0 Å². The Morgan fingerprint density at radius 3 is 1.85 bits per heavy atom. The number of carbonyl (C=O) groups is 1. The zero-order valence-corrected chi connectivity index (χ0v) is 24.8. The van der Waals surface area contributed by atoms with Crippen LogP contribution in [-0.4, -0.2) is 57.4 Å². The van der Waals surface area contributed by atoms with E-state index in [1.807, 2.05) is 58.1 Å². The molecule has 10 heteroatoms. The van der Waals surface area contributed by atoms with Gasteiger partial charge >= 0.3 is 16.3 Å². The summed E-state index contributed by atoms with van der Waals surface area (Å²) >= 11 is 0. The van der Waals surface area contributed by atoms with Gasteiger partial charge in [-0.3, -0.25) is 0 Å². The second-order valence-corrected chi connectivity index (χ2v) is 18.5. The maximum Gasteiger partial charge on any atom is 0.425 e. The van der Waals surface area contributed by atoms with E-state index < -0.39 is 30.2 Å². The lowest BCUT2D eigenvalue weighted by Crippen LogP contribution is -2.53. The van der Waals surface area contributed by atoms with Crippen LogP contribution >= 0.6 is 0 Å². The molecule has 0 unspecified atom stereocenters. The van der Waals surface area contributed by atoms with Crippen LogP contribution in [0.3, 0.4) is 0 Å². The van der Waals surface area contributed by atoms with Crippen molar-refractivity contribution in [3.63, 3.8) is 0 Å². The van der Waals surface area contributed by atoms with Crippen LogP contribution < -0.4 is 4.74 Å². The van der Waals surface area contributed by atoms with Gasteiger partial charge in [0, 0.05) is 7.05 Å². The van der Waals surface area contributed by atoms with E-state index in [1.165, 1.54) is 7.05 Å². The number of hydrogen-bond donors (Lipinski definition) is 0. The van der Waals surface area contributed by atoms with Gasteiger partial charge in [-0.15, -0.1) is 0 Å². The Kier molecular flexibility index (Phi) is 9.44. The summed E-state index contributed by atoms with van der Waals surface area (Å²) in [6.45, 7) is 21.0. The number of hydroxylamine groups is 1. The lowest BCUT2D eigenvalue weighted by Gasteiger charge is -2.39. The van der Waals surface area contributed by atoms with Gasteiger partial charge in [-0.2, -0.15) is 12.7 Å². The van der Waals surface area contributed by atoms with Crippen LogP contribution in [0.15, 0.2) is 24.3 Å². The first-order chi connectivity index (χ1) is 15.1. The number of amides is 1. The molecule has 0 aliphatic rings. The zero-order valence-electron chi connectivity index (χ0n) is 23.0. The Morgan fingerprint density at radius 2 is 1.44 bits per heavy atom. The number of carbonyl (C=O) groups excluding carboxylic acids is 1. The molecule has 0 aromatic heterocycles. The number of ether oxygens (including phenoxy) is 2. The molecule has 196 valence electrons. The number of hydrogen-bond acceptors (Lipinski definition) is 6. The van der Waals surface area contributed by atoms with Crippen LogP contribution in [0.4, 0.5) is 4.79 Å². The fourth-order valence-electron chi connectivity index (χ4n) is 2.56. The number of rotatable bonds is 8. The van der Waals surface area contributed by atoms with Gasteiger partial charge in [-0.05, 0) is 62.0 Å². The van der Waals surface area contributed by atoms with Crippen molar-refractivity contribution < 1.29 is 27.2 Å². The first kappa shape index (κ1) is 30.4. The maximum atomic E-state index is 13.4. The van der Waals surface area contributed by atoms with Crippen molar-refractivity contribution >= 4 is 24.6 Å². The molecule has 0 heterocycles. The van der Waals surface area contributed by atoms with Gasteiger partial charge in [-0.1, -0.05) is 58.1 Å². The average Bonchev–Trinajstić information content (AvgIpc) is 2.61. The van der Waals surface area contributed by atoms with E-state index in [9.17, 15) is 13.2 Å². The zero-order chi connectivity index (χ0) is 26.8. The molecule has 0 N–H and O–H groups in total. The van der Waals surface area contributed by atoms with Crippen molar-refractivity contribution in [2.24, 2.45) is 0 Å². The highest BCUT2D eigenvalue weighted by molar-refractivity contribution is 7.87. The third-order valence-corrected chi connectivity index (χ3v) is 11.7. The van der Waals surface area contributed by atoms with E-state index in [2.05, 4.69) is 20.8 Å². The van der Waals surface area contributed by atoms with Crippen LogP contribution in [0.1, 0.15) is 67.9 Å². The summed E-state index contributed by atoms with van der Waals surface area (Å²) < 4.78 is 45.2. The number of benzene rings is 1. The van der Waals surface area contributed by atoms with Gasteiger partial charge in [0.1, 0.15) is 18.0 Å². The highest BCUT2D eigenvalue weighted by Crippen LogP contribution is 2.37. The fourth-order valence-corrected chi connectivity index (χ4v) is 5.22. The van der Waals surface area contributed by atoms with Crippen LogP contribution in [0.25, 0.3) is 0 Å². The van der Waals surface area contributed by atoms with Crippen LogP contribution in [0.2, 0.25) is 18.1 Å². The molecule has 0 fully saturated rings. The number of nitrogens with zero attached hydrogens (tertiary/aromatic N) is 2. The predicted octanol–water partition coefficient (Wildman–Crippen LogP) is 5.71. The second-order valence-electron chi connectivity index (χ2n) is 11.9. The molecule has 34 heavy (non-hydrogen) atoms. The van der Waals surface area contributed by atoms with Gasteiger partial charge in [0.2, 0.25) is 8.32 Å². The first-order valence-electron chi connectivity index (χ1n) is 11.5. The van der Waals surface area contributed by atoms with Crippen molar-refractivity contribution in [1.29, 1.82) is 0 Å². The quantitative estimate of drug-likeness (QED) is 0.325. The summed E-state index contributed by atoms with van der Waals surface area (Å²) in [6.07, 6.45) is -0.982. The minimum atomic E-state index is -4.32. The van der Waals surface area contributed by atoms with Crippen molar-refractivity contribution in [2.45, 2.75) is 91.5 Å². The highest BCUT2D eigenvalue weighted by Gasteiger charge is 2.43. The fraction of sp³-hybridized carbons (Fsp3) is 0.708. The Hall–Kier alpha value is -1.62. The smallest absolute Gasteiger partial charge is 0.425 e. The average molecular weight is 517 g/mol. The summed E-state index contributed by atoms with van der Waals surface area (Å²) in [4.78, 5) is 12.9. The Labute approximate surface area is 207 Å². The van der Waals surface area contributed by atoms with Gasteiger partial charge < -0.3 is 14.0 Å². The van der Waals surface area contributed by atoms with Crippen molar-refractivity contribution in [1.82, 2.24) is 8.77 Å². The van der Waals surface area contributed by atoms with E-state index in [0.29, 0.717) is 10.1 Å². The third kappa shape index (κ3) is 8.55. The summed E-state index contributed by atoms with van der Waals surface area (Å²) in [6, 6.07) is 7.61. The van der Waals surface area contributed by atoms with E-state index in [-0.39, 0.29) is 23.6 Å². The molecule has 0 saturated carbocycles. The van der Waals surface area contributed by atoms with E-state index >= 15 is 0 Å². The van der Waals surface area contributed by atoms with E-state index in [4.69, 9.17) is 14.0 Å². The Bertz CT molecular complexity index is 926. The molecule has 1 amide bonds. The van der Waals surface area contributed by atoms with Gasteiger partial charge in [0.15, 0.2) is 0 Å². The van der Waals surface area contributed by atoms with E-state index in [0.717, 1.165) is 10.0 Å². The Morgan fingerprint density at radius 1 is 0.941 bits per heavy atom. The van der Waals surface area contributed by atoms with Crippen molar-refractivity contribution in [2.75, 3.05) is 20.2 Å². The maximum absolute atomic E-state index is 13.4. The molecule has 0 aliphatic heterocycles. The molecule has 0 aliphatic carbocycles. The standard InChI is InChI=1S/C24H44N2O6SSi/c1-22(2,3)19-13-15-20(16-14-19)30-18-17-26(21(27)31-23(4,5)6)33(28,29)25(10)32-34(11,12)24(7,8)9/h13-16H,17-18H2,1-12H3. The minimum Gasteiger partial charge on any atom is -0.492 e. The van der Waals surface area contributed by atoms with Gasteiger partial charge in [-0.25, -0.2) is 4.79 Å². The molecule has 1 aromatic carbocycles. The molecular formula is C24H44N2O6SSi. The summed E-state index contributed by atoms with van der Waals surface area (Å²) in [7, 11) is -5.49. The molecule has 0 spiro atoms. The first-order valence-corrected chi connectivity index (χ1v) is 15.8. The van der Waals surface area contributed by atoms with Crippen molar-refractivity contribution in [3.05, 3.63) is 29.8 Å². The topological polar surface area (TPSA) is 85.4 Å². The van der Waals surface area contributed by atoms with Gasteiger partial charge in [0.05, 0.1) is 6.54 Å². The predicted molar refractivity (Wildman–Crippen MR) is 139 cm³/mol. The molecule has 0 atom stereocenters. The normalized spacial score (nSPS) is 13.7. The summed E-state index contributed by atoms with van der Waals surface area (Å²) in [5.74, 6) is 0.584. The molecule has 0 saturated heterocycles. The summed E-state index contributed by atoms with van der Waals surface area (Å²) in [5, 5.41) is -0.226. The van der Waals surface area contributed by atoms with Crippen LogP contribution in [-0.2, 0) is 24.9 Å².